The number of carbonyl (C=O) groups excluding carboxylic acids is 2. The van der Waals surface area contributed by atoms with Crippen LogP contribution in [0.2, 0.25) is 0 Å². The van der Waals surface area contributed by atoms with Gasteiger partial charge in [0.1, 0.15) is 5.75 Å². The molecule has 0 aliphatic rings. The Morgan fingerprint density at radius 2 is 1.50 bits per heavy atom. The second-order valence-corrected chi connectivity index (χ2v) is 5.81. The number of nitrogen functional groups attached to an aromatic ring is 1. The highest BCUT2D eigenvalue weighted by molar-refractivity contribution is 5.96. The van der Waals surface area contributed by atoms with E-state index in [9.17, 15) is 9.59 Å². The summed E-state index contributed by atoms with van der Waals surface area (Å²) >= 11 is 0. The number of methoxy groups -OCH3 is 3. The van der Waals surface area contributed by atoms with Gasteiger partial charge in [-0.3, -0.25) is 9.59 Å². The molecule has 0 fully saturated rings. The van der Waals surface area contributed by atoms with E-state index in [-0.39, 0.29) is 0 Å². The van der Waals surface area contributed by atoms with E-state index in [0.29, 0.717) is 17.9 Å². The van der Waals surface area contributed by atoms with Crippen LogP contribution in [0.25, 0.3) is 0 Å². The quantitative estimate of drug-likeness (QED) is 0.465. The molecule has 2 aromatic rings. The SMILES string of the molecule is COC(=O)C(C(=O)OC)C(Cc1ccccc1N)c1ccc(OC)cc1. The molecule has 0 heterocycles. The summed E-state index contributed by atoms with van der Waals surface area (Å²) in [6.07, 6.45) is 0.383. The van der Waals surface area contributed by atoms with Crippen molar-refractivity contribution in [1.29, 1.82) is 0 Å². The Hall–Kier alpha value is -3.02. The number of benzene rings is 2. The summed E-state index contributed by atoms with van der Waals surface area (Å²) in [7, 11) is 4.07. The molecule has 2 aromatic carbocycles. The first-order chi connectivity index (χ1) is 12.5. The first-order valence-electron chi connectivity index (χ1n) is 8.14. The van der Waals surface area contributed by atoms with Crippen molar-refractivity contribution in [2.45, 2.75) is 12.3 Å². The van der Waals surface area contributed by atoms with Crippen molar-refractivity contribution in [1.82, 2.24) is 0 Å². The van der Waals surface area contributed by atoms with Gasteiger partial charge in [-0.15, -0.1) is 0 Å². The van der Waals surface area contributed by atoms with E-state index in [1.165, 1.54) is 14.2 Å². The van der Waals surface area contributed by atoms with Crippen molar-refractivity contribution in [3.63, 3.8) is 0 Å². The van der Waals surface area contributed by atoms with Gasteiger partial charge >= 0.3 is 11.9 Å². The van der Waals surface area contributed by atoms with E-state index < -0.39 is 23.8 Å². The van der Waals surface area contributed by atoms with Crippen molar-refractivity contribution in [3.05, 3.63) is 59.7 Å². The number of ether oxygens (including phenoxy) is 3. The summed E-state index contributed by atoms with van der Waals surface area (Å²) in [6.45, 7) is 0. The summed E-state index contributed by atoms with van der Waals surface area (Å²) in [6, 6.07) is 14.6. The lowest BCUT2D eigenvalue weighted by molar-refractivity contribution is -0.160. The van der Waals surface area contributed by atoms with Gasteiger partial charge in [0.25, 0.3) is 0 Å². The van der Waals surface area contributed by atoms with Crippen LogP contribution in [0.4, 0.5) is 5.69 Å². The second kappa shape index (κ2) is 8.89. The van der Waals surface area contributed by atoms with Crippen LogP contribution in [-0.4, -0.2) is 33.3 Å². The Balaban J connectivity index is 2.49. The molecule has 26 heavy (non-hydrogen) atoms. The Kier molecular flexibility index (Phi) is 6.60. The first kappa shape index (κ1) is 19.3. The average Bonchev–Trinajstić information content (AvgIpc) is 2.68. The van der Waals surface area contributed by atoms with Crippen molar-refractivity contribution >= 4 is 17.6 Å². The standard InChI is InChI=1S/C20H23NO5/c1-24-15-10-8-13(9-11-15)16(12-14-6-4-5-7-17(14)21)18(19(22)25-2)20(23)26-3/h4-11,16,18H,12,21H2,1-3H3. The lowest BCUT2D eigenvalue weighted by Gasteiger charge is -2.24. The zero-order valence-corrected chi connectivity index (χ0v) is 15.1. The van der Waals surface area contributed by atoms with Gasteiger partial charge < -0.3 is 19.9 Å². The van der Waals surface area contributed by atoms with Crippen LogP contribution in [0.5, 0.6) is 5.75 Å². The third-order valence-electron chi connectivity index (χ3n) is 4.35. The molecular formula is C20H23NO5. The Labute approximate surface area is 152 Å². The Bertz CT molecular complexity index is 741. The monoisotopic (exact) mass is 357 g/mol. The molecule has 0 bridgehead atoms. The van der Waals surface area contributed by atoms with E-state index in [1.54, 1.807) is 25.3 Å². The number of hydrogen-bond donors (Lipinski definition) is 1. The highest BCUT2D eigenvalue weighted by Crippen LogP contribution is 2.33. The van der Waals surface area contributed by atoms with Crippen LogP contribution in [-0.2, 0) is 25.5 Å². The maximum Gasteiger partial charge on any atom is 0.320 e. The summed E-state index contributed by atoms with van der Waals surface area (Å²) in [4.78, 5) is 24.7. The molecule has 2 N–H and O–H groups in total. The van der Waals surface area contributed by atoms with Crippen LogP contribution in [0.1, 0.15) is 17.0 Å². The molecule has 6 nitrogen and oxygen atoms in total. The molecule has 1 atom stereocenters. The van der Waals surface area contributed by atoms with Crippen LogP contribution in [0.3, 0.4) is 0 Å². The molecule has 0 saturated carbocycles. The zero-order valence-electron chi connectivity index (χ0n) is 15.1. The van der Waals surface area contributed by atoms with Gasteiger partial charge in [0.05, 0.1) is 21.3 Å². The van der Waals surface area contributed by atoms with E-state index in [2.05, 4.69) is 0 Å². The van der Waals surface area contributed by atoms with Crippen LogP contribution in [0, 0.1) is 5.92 Å². The molecule has 0 aliphatic carbocycles. The van der Waals surface area contributed by atoms with Crippen molar-refractivity contribution in [2.24, 2.45) is 5.92 Å². The number of nitrogens with two attached hydrogens (primary N) is 1. The fourth-order valence-corrected chi connectivity index (χ4v) is 2.91. The van der Waals surface area contributed by atoms with E-state index >= 15 is 0 Å². The van der Waals surface area contributed by atoms with Crippen molar-refractivity contribution in [2.75, 3.05) is 27.1 Å². The highest BCUT2D eigenvalue weighted by Gasteiger charge is 2.38. The average molecular weight is 357 g/mol. The topological polar surface area (TPSA) is 87.9 Å². The molecule has 0 spiro atoms. The lowest BCUT2D eigenvalue weighted by atomic mass is 9.81. The number of carbonyl (C=O) groups is 2. The smallest absolute Gasteiger partial charge is 0.320 e. The molecule has 138 valence electrons. The molecule has 1 unspecified atom stereocenters. The van der Waals surface area contributed by atoms with E-state index in [4.69, 9.17) is 19.9 Å². The summed E-state index contributed by atoms with van der Waals surface area (Å²) in [5, 5.41) is 0. The normalized spacial score (nSPS) is 11.7. The minimum Gasteiger partial charge on any atom is -0.497 e. The summed E-state index contributed by atoms with van der Waals surface area (Å²) in [5.74, 6) is -2.21. The number of para-hydroxylation sites is 1. The highest BCUT2D eigenvalue weighted by atomic mass is 16.5. The molecule has 0 aromatic heterocycles. The third-order valence-corrected chi connectivity index (χ3v) is 4.35. The third kappa shape index (κ3) is 4.33. The predicted molar refractivity (Wildman–Crippen MR) is 97.8 cm³/mol. The van der Waals surface area contributed by atoms with Crippen LogP contribution >= 0.6 is 0 Å². The van der Waals surface area contributed by atoms with Gasteiger partial charge in [-0.25, -0.2) is 0 Å². The maximum atomic E-state index is 12.3. The van der Waals surface area contributed by atoms with Crippen molar-refractivity contribution < 1.29 is 23.8 Å². The van der Waals surface area contributed by atoms with E-state index in [1.807, 2.05) is 30.3 Å². The molecule has 6 heteroatoms. The van der Waals surface area contributed by atoms with Gasteiger partial charge in [0, 0.05) is 11.6 Å². The molecular weight excluding hydrogens is 334 g/mol. The van der Waals surface area contributed by atoms with Crippen LogP contribution in [0.15, 0.2) is 48.5 Å². The zero-order chi connectivity index (χ0) is 19.1. The van der Waals surface area contributed by atoms with Crippen LogP contribution < -0.4 is 10.5 Å². The van der Waals surface area contributed by atoms with Gasteiger partial charge in [-0.2, -0.15) is 0 Å². The van der Waals surface area contributed by atoms with Crippen molar-refractivity contribution in [3.8, 4) is 5.75 Å². The van der Waals surface area contributed by atoms with Gasteiger partial charge in [-0.05, 0) is 35.7 Å². The summed E-state index contributed by atoms with van der Waals surface area (Å²) in [5.41, 5.74) is 8.28. The number of hydrogen-bond acceptors (Lipinski definition) is 6. The van der Waals surface area contributed by atoms with Gasteiger partial charge in [0.15, 0.2) is 5.92 Å². The second-order valence-electron chi connectivity index (χ2n) is 5.81. The fourth-order valence-electron chi connectivity index (χ4n) is 2.91. The minimum atomic E-state index is -1.10. The number of esters is 2. The largest absolute Gasteiger partial charge is 0.497 e. The number of anilines is 1. The predicted octanol–water partition coefficient (Wildman–Crippen LogP) is 2.57. The molecule has 2 rings (SSSR count). The Morgan fingerprint density at radius 1 is 0.923 bits per heavy atom. The van der Waals surface area contributed by atoms with Gasteiger partial charge in [-0.1, -0.05) is 30.3 Å². The maximum absolute atomic E-state index is 12.3. The number of rotatable bonds is 7. The molecule has 0 amide bonds. The molecule has 0 aliphatic heterocycles. The van der Waals surface area contributed by atoms with E-state index in [0.717, 1.165) is 11.1 Å². The fraction of sp³-hybridized carbons (Fsp3) is 0.300. The lowest BCUT2D eigenvalue weighted by Crippen LogP contribution is -2.33. The molecule has 0 radical (unpaired) electrons. The Morgan fingerprint density at radius 3 is 2.00 bits per heavy atom. The van der Waals surface area contributed by atoms with Gasteiger partial charge in [0.2, 0.25) is 0 Å². The molecule has 0 saturated heterocycles. The first-order valence-corrected chi connectivity index (χ1v) is 8.14. The minimum absolute atomic E-state index is 0.383. The summed E-state index contributed by atoms with van der Waals surface area (Å²) < 4.78 is 14.9.